The molecule has 0 aromatic rings. The summed E-state index contributed by atoms with van der Waals surface area (Å²) in [6, 6.07) is 0. The highest BCUT2D eigenvalue weighted by molar-refractivity contribution is 5.71. The SMILES string of the molecule is CCCCCCCCCC/C=C\CCCCCCCCCCCC(=O)OCC(COC(=O)CCCCCCCCC)OC(=O)CCCCCCCCCCCCCCCCCCC. The standard InChI is InChI=1S/C57H108O6/c1-4-7-10-13-16-18-20-22-24-26-27-28-29-31-32-34-36-38-41-44-47-50-56(59)62-53-54(52-61-55(58)49-46-43-40-15-12-9-6-3)63-57(60)51-48-45-42-39-37-35-33-30-25-23-21-19-17-14-11-8-5-2/h26-27,54H,4-25,28-53H2,1-3H3/b27-26-. The number of unbranched alkanes of at least 4 members (excludes halogenated alkanes) is 39. The minimum atomic E-state index is -0.763. The Morgan fingerprint density at radius 1 is 0.302 bits per heavy atom. The number of carbonyl (C=O) groups is 3. The number of allylic oxidation sites excluding steroid dienone is 2. The molecule has 0 fully saturated rings. The largest absolute Gasteiger partial charge is 0.462 e. The monoisotopic (exact) mass is 889 g/mol. The van der Waals surface area contributed by atoms with Crippen molar-refractivity contribution in [2.24, 2.45) is 0 Å². The van der Waals surface area contributed by atoms with Gasteiger partial charge in [0.2, 0.25) is 0 Å². The van der Waals surface area contributed by atoms with Crippen LogP contribution in [0.4, 0.5) is 0 Å². The molecule has 0 spiro atoms. The molecule has 0 rings (SSSR count). The van der Waals surface area contributed by atoms with Crippen LogP contribution in [0, 0.1) is 0 Å². The van der Waals surface area contributed by atoms with E-state index in [-0.39, 0.29) is 31.1 Å². The third-order valence-corrected chi connectivity index (χ3v) is 12.8. The molecule has 0 saturated heterocycles. The molecular formula is C57H108O6. The predicted octanol–water partition coefficient (Wildman–Crippen LogP) is 18.5. The second-order valence-corrected chi connectivity index (χ2v) is 19.2. The molecule has 0 aromatic carbocycles. The van der Waals surface area contributed by atoms with E-state index in [2.05, 4.69) is 32.9 Å². The van der Waals surface area contributed by atoms with Crippen molar-refractivity contribution in [1.82, 2.24) is 0 Å². The Hall–Kier alpha value is -1.85. The van der Waals surface area contributed by atoms with Gasteiger partial charge in [-0.3, -0.25) is 14.4 Å². The number of rotatable bonds is 52. The van der Waals surface area contributed by atoms with Gasteiger partial charge in [0.1, 0.15) is 13.2 Å². The molecule has 1 atom stereocenters. The van der Waals surface area contributed by atoms with Gasteiger partial charge in [0.15, 0.2) is 6.10 Å². The number of carbonyl (C=O) groups excluding carboxylic acids is 3. The summed E-state index contributed by atoms with van der Waals surface area (Å²) in [6.07, 6.45) is 59.4. The van der Waals surface area contributed by atoms with Crippen molar-refractivity contribution in [3.05, 3.63) is 12.2 Å². The quantitative estimate of drug-likeness (QED) is 0.0262. The topological polar surface area (TPSA) is 78.9 Å². The van der Waals surface area contributed by atoms with Crippen molar-refractivity contribution in [3.63, 3.8) is 0 Å². The fourth-order valence-electron chi connectivity index (χ4n) is 8.50. The first-order chi connectivity index (χ1) is 31.0. The van der Waals surface area contributed by atoms with E-state index in [9.17, 15) is 14.4 Å². The molecule has 63 heavy (non-hydrogen) atoms. The van der Waals surface area contributed by atoms with Gasteiger partial charge in [-0.05, 0) is 44.9 Å². The van der Waals surface area contributed by atoms with Gasteiger partial charge < -0.3 is 14.2 Å². The summed E-state index contributed by atoms with van der Waals surface area (Å²) in [6.45, 7) is 6.64. The Morgan fingerprint density at radius 2 is 0.524 bits per heavy atom. The van der Waals surface area contributed by atoms with Gasteiger partial charge in [-0.25, -0.2) is 0 Å². The molecule has 6 heteroatoms. The highest BCUT2D eigenvalue weighted by Crippen LogP contribution is 2.17. The van der Waals surface area contributed by atoms with Crippen LogP contribution in [0.3, 0.4) is 0 Å². The molecular weight excluding hydrogens is 781 g/mol. The summed E-state index contributed by atoms with van der Waals surface area (Å²) >= 11 is 0. The lowest BCUT2D eigenvalue weighted by atomic mass is 10.0. The summed E-state index contributed by atoms with van der Waals surface area (Å²) in [5.74, 6) is -0.854. The van der Waals surface area contributed by atoms with Crippen molar-refractivity contribution >= 4 is 17.9 Å². The summed E-state index contributed by atoms with van der Waals surface area (Å²) in [4.78, 5) is 37.9. The van der Waals surface area contributed by atoms with Gasteiger partial charge in [-0.15, -0.1) is 0 Å². The third-order valence-electron chi connectivity index (χ3n) is 12.8. The number of esters is 3. The van der Waals surface area contributed by atoms with Crippen LogP contribution >= 0.6 is 0 Å². The van der Waals surface area contributed by atoms with Gasteiger partial charge in [-0.1, -0.05) is 264 Å². The van der Waals surface area contributed by atoms with Crippen LogP contribution in [0.15, 0.2) is 12.2 Å². The Kier molecular flexibility index (Phi) is 51.2. The molecule has 0 N–H and O–H groups in total. The van der Waals surface area contributed by atoms with Crippen LogP contribution in [-0.4, -0.2) is 37.2 Å². The van der Waals surface area contributed by atoms with E-state index in [4.69, 9.17) is 14.2 Å². The van der Waals surface area contributed by atoms with Crippen molar-refractivity contribution < 1.29 is 28.6 Å². The van der Waals surface area contributed by atoms with Gasteiger partial charge >= 0.3 is 17.9 Å². The fourth-order valence-corrected chi connectivity index (χ4v) is 8.50. The summed E-state index contributed by atoms with van der Waals surface area (Å²) in [7, 11) is 0. The van der Waals surface area contributed by atoms with E-state index in [1.807, 2.05) is 0 Å². The maximum absolute atomic E-state index is 12.8. The molecule has 0 aromatic heterocycles. The minimum absolute atomic E-state index is 0.0660. The van der Waals surface area contributed by atoms with E-state index in [1.165, 1.54) is 218 Å². The number of hydrogen-bond donors (Lipinski definition) is 0. The molecule has 0 radical (unpaired) electrons. The zero-order chi connectivity index (χ0) is 45.8. The fraction of sp³-hybridized carbons (Fsp3) is 0.912. The maximum atomic E-state index is 12.8. The average Bonchev–Trinajstić information content (AvgIpc) is 3.28. The maximum Gasteiger partial charge on any atom is 0.306 e. The van der Waals surface area contributed by atoms with Gasteiger partial charge in [0.05, 0.1) is 0 Å². The third kappa shape index (κ3) is 51.0. The zero-order valence-electron chi connectivity index (χ0n) is 42.6. The second-order valence-electron chi connectivity index (χ2n) is 19.2. The van der Waals surface area contributed by atoms with Gasteiger partial charge in [0.25, 0.3) is 0 Å². The Balaban J connectivity index is 4.15. The second kappa shape index (κ2) is 52.8. The van der Waals surface area contributed by atoms with Crippen molar-refractivity contribution in [2.75, 3.05) is 13.2 Å². The lowest BCUT2D eigenvalue weighted by molar-refractivity contribution is -0.167. The van der Waals surface area contributed by atoms with Crippen LogP contribution in [0.1, 0.15) is 316 Å². The first kappa shape index (κ1) is 61.1. The molecule has 6 nitrogen and oxygen atoms in total. The van der Waals surface area contributed by atoms with E-state index in [0.717, 1.165) is 57.8 Å². The van der Waals surface area contributed by atoms with Crippen molar-refractivity contribution in [1.29, 1.82) is 0 Å². The normalized spacial score (nSPS) is 12.0. The molecule has 0 aliphatic heterocycles. The highest BCUT2D eigenvalue weighted by Gasteiger charge is 2.19. The summed E-state index contributed by atoms with van der Waals surface area (Å²) in [5, 5.41) is 0. The van der Waals surface area contributed by atoms with Crippen LogP contribution in [-0.2, 0) is 28.6 Å². The Morgan fingerprint density at radius 3 is 0.794 bits per heavy atom. The molecule has 1 unspecified atom stereocenters. The van der Waals surface area contributed by atoms with E-state index >= 15 is 0 Å². The lowest BCUT2D eigenvalue weighted by Crippen LogP contribution is -2.30. The molecule has 0 amide bonds. The first-order valence-corrected chi connectivity index (χ1v) is 28.2. The van der Waals surface area contributed by atoms with E-state index in [1.54, 1.807) is 0 Å². The van der Waals surface area contributed by atoms with Gasteiger partial charge in [0, 0.05) is 19.3 Å². The molecule has 0 heterocycles. The van der Waals surface area contributed by atoms with E-state index < -0.39 is 6.10 Å². The Labute approximate surface area is 392 Å². The van der Waals surface area contributed by atoms with Crippen LogP contribution in [0.5, 0.6) is 0 Å². The molecule has 0 bridgehead atoms. The highest BCUT2D eigenvalue weighted by atomic mass is 16.6. The molecule has 0 aliphatic carbocycles. The van der Waals surface area contributed by atoms with Crippen LogP contribution in [0.25, 0.3) is 0 Å². The van der Waals surface area contributed by atoms with Gasteiger partial charge in [-0.2, -0.15) is 0 Å². The van der Waals surface area contributed by atoms with Crippen LogP contribution < -0.4 is 0 Å². The number of ether oxygens (including phenoxy) is 3. The predicted molar refractivity (Wildman–Crippen MR) is 270 cm³/mol. The average molecular weight is 889 g/mol. The Bertz CT molecular complexity index is 978. The lowest BCUT2D eigenvalue weighted by Gasteiger charge is -2.18. The molecule has 0 aliphatic rings. The first-order valence-electron chi connectivity index (χ1n) is 28.2. The smallest absolute Gasteiger partial charge is 0.306 e. The van der Waals surface area contributed by atoms with Crippen LogP contribution in [0.2, 0.25) is 0 Å². The molecule has 0 saturated carbocycles. The van der Waals surface area contributed by atoms with Crippen molar-refractivity contribution in [3.8, 4) is 0 Å². The van der Waals surface area contributed by atoms with Crippen molar-refractivity contribution in [2.45, 2.75) is 322 Å². The zero-order valence-corrected chi connectivity index (χ0v) is 42.6. The molecule has 372 valence electrons. The minimum Gasteiger partial charge on any atom is -0.462 e. The van der Waals surface area contributed by atoms with E-state index in [0.29, 0.717) is 19.3 Å². The number of hydrogen-bond acceptors (Lipinski definition) is 6. The summed E-state index contributed by atoms with van der Waals surface area (Å²) in [5.41, 5.74) is 0. The summed E-state index contributed by atoms with van der Waals surface area (Å²) < 4.78 is 16.8.